The lowest BCUT2D eigenvalue weighted by molar-refractivity contribution is 0.0600. The van der Waals surface area contributed by atoms with Crippen molar-refractivity contribution in [3.8, 4) is 0 Å². The Kier molecular flexibility index (Phi) is 4.57. The molecule has 2 aromatic rings. The summed E-state index contributed by atoms with van der Waals surface area (Å²) in [6.07, 6.45) is 3.55. The summed E-state index contributed by atoms with van der Waals surface area (Å²) >= 11 is 0. The molecule has 1 N–H and O–H groups in total. The van der Waals surface area contributed by atoms with E-state index < -0.39 is 0 Å². The van der Waals surface area contributed by atoms with E-state index in [0.717, 1.165) is 5.69 Å². The van der Waals surface area contributed by atoms with E-state index in [9.17, 15) is 4.79 Å². The molecule has 2 rings (SSSR count). The van der Waals surface area contributed by atoms with Crippen molar-refractivity contribution in [3.05, 3.63) is 41.8 Å². The number of carbonyl (C=O) groups excluding carboxylic acids is 1. The molecule has 2 heterocycles. The fourth-order valence-corrected chi connectivity index (χ4v) is 1.49. The Morgan fingerprint density at radius 1 is 1.42 bits per heavy atom. The summed E-state index contributed by atoms with van der Waals surface area (Å²) in [5.74, 6) is 0.213. The number of nitrogens with one attached hydrogen (secondary N) is 1. The standard InChI is InChI=1S/C12H14N4O3/c1-18-12(17)9-2-3-10(14-6-9)7-13-5-4-11-15-8-16-19-11/h2-3,6,8,13H,4-5,7H2,1H3. The van der Waals surface area contributed by atoms with Gasteiger partial charge in [-0.15, -0.1) is 0 Å². The van der Waals surface area contributed by atoms with Crippen LogP contribution in [0.4, 0.5) is 0 Å². The fourth-order valence-electron chi connectivity index (χ4n) is 1.49. The van der Waals surface area contributed by atoms with Crippen molar-refractivity contribution in [3.63, 3.8) is 0 Å². The zero-order valence-electron chi connectivity index (χ0n) is 10.5. The second kappa shape index (κ2) is 6.60. The van der Waals surface area contributed by atoms with Crippen LogP contribution in [0, 0.1) is 0 Å². The van der Waals surface area contributed by atoms with E-state index in [1.165, 1.54) is 19.6 Å². The first-order valence-corrected chi connectivity index (χ1v) is 5.79. The van der Waals surface area contributed by atoms with E-state index in [0.29, 0.717) is 31.0 Å². The Balaban J connectivity index is 1.75. The smallest absolute Gasteiger partial charge is 0.339 e. The third-order valence-corrected chi connectivity index (χ3v) is 2.47. The zero-order valence-corrected chi connectivity index (χ0v) is 10.5. The van der Waals surface area contributed by atoms with E-state index >= 15 is 0 Å². The lowest BCUT2D eigenvalue weighted by atomic mass is 10.2. The number of nitrogens with zero attached hydrogens (tertiary/aromatic N) is 3. The maximum absolute atomic E-state index is 11.2. The number of ether oxygens (including phenoxy) is 1. The second-order valence-corrected chi connectivity index (χ2v) is 3.79. The fraction of sp³-hybridized carbons (Fsp3) is 0.333. The molecule has 0 unspecified atom stereocenters. The van der Waals surface area contributed by atoms with Gasteiger partial charge in [0.25, 0.3) is 0 Å². The molecule has 0 fully saturated rings. The lowest BCUT2D eigenvalue weighted by Gasteiger charge is -2.03. The van der Waals surface area contributed by atoms with Gasteiger partial charge in [-0.1, -0.05) is 5.16 Å². The number of carbonyl (C=O) groups is 1. The highest BCUT2D eigenvalue weighted by Crippen LogP contribution is 2.02. The normalized spacial score (nSPS) is 10.4. The van der Waals surface area contributed by atoms with Gasteiger partial charge in [0.05, 0.1) is 18.4 Å². The third kappa shape index (κ3) is 3.85. The molecule has 7 heteroatoms. The first kappa shape index (κ1) is 13.2. The van der Waals surface area contributed by atoms with E-state index in [2.05, 4.69) is 25.2 Å². The number of hydrogen-bond donors (Lipinski definition) is 1. The summed E-state index contributed by atoms with van der Waals surface area (Å²) in [6.45, 7) is 1.32. The van der Waals surface area contributed by atoms with Crippen LogP contribution >= 0.6 is 0 Å². The summed E-state index contributed by atoms with van der Waals surface area (Å²) in [5, 5.41) is 6.72. The highest BCUT2D eigenvalue weighted by atomic mass is 16.5. The van der Waals surface area contributed by atoms with Crippen molar-refractivity contribution in [2.45, 2.75) is 13.0 Å². The number of esters is 1. The van der Waals surface area contributed by atoms with E-state index in [1.807, 2.05) is 0 Å². The van der Waals surface area contributed by atoms with Crippen molar-refractivity contribution in [2.75, 3.05) is 13.7 Å². The molecule has 0 aliphatic heterocycles. The molecule has 19 heavy (non-hydrogen) atoms. The minimum atomic E-state index is -0.386. The number of pyridine rings is 1. The quantitative estimate of drug-likeness (QED) is 0.601. The molecular weight excluding hydrogens is 248 g/mol. The minimum Gasteiger partial charge on any atom is -0.465 e. The van der Waals surface area contributed by atoms with Gasteiger partial charge in [0.1, 0.15) is 0 Å². The Hall–Kier alpha value is -2.28. The molecule has 0 radical (unpaired) electrons. The highest BCUT2D eigenvalue weighted by Gasteiger charge is 2.05. The van der Waals surface area contributed by atoms with Crippen LogP contribution in [0.25, 0.3) is 0 Å². The number of methoxy groups -OCH3 is 1. The molecule has 0 aromatic carbocycles. The van der Waals surface area contributed by atoms with Crippen molar-refractivity contribution >= 4 is 5.97 Å². The predicted octanol–water partition coefficient (Wildman–Crippen LogP) is 0.583. The van der Waals surface area contributed by atoms with E-state index in [4.69, 9.17) is 4.52 Å². The van der Waals surface area contributed by atoms with Gasteiger partial charge < -0.3 is 14.6 Å². The summed E-state index contributed by atoms with van der Waals surface area (Å²) in [5.41, 5.74) is 1.29. The van der Waals surface area contributed by atoms with E-state index in [-0.39, 0.29) is 5.97 Å². The molecular formula is C12H14N4O3. The minimum absolute atomic E-state index is 0.386. The number of hydrogen-bond acceptors (Lipinski definition) is 7. The van der Waals surface area contributed by atoms with Gasteiger partial charge in [-0.05, 0) is 12.1 Å². The predicted molar refractivity (Wildman–Crippen MR) is 65.3 cm³/mol. The van der Waals surface area contributed by atoms with Gasteiger partial charge in [0.15, 0.2) is 6.33 Å². The van der Waals surface area contributed by atoms with Crippen LogP contribution in [-0.4, -0.2) is 34.7 Å². The molecule has 7 nitrogen and oxygen atoms in total. The molecule has 0 saturated heterocycles. The molecule has 0 aliphatic carbocycles. The third-order valence-electron chi connectivity index (χ3n) is 2.47. The van der Waals surface area contributed by atoms with Crippen LogP contribution in [0.15, 0.2) is 29.2 Å². The van der Waals surface area contributed by atoms with Crippen LogP contribution in [-0.2, 0) is 17.7 Å². The van der Waals surface area contributed by atoms with Crippen LogP contribution in [0.1, 0.15) is 21.9 Å². The SMILES string of the molecule is COC(=O)c1ccc(CNCCc2ncno2)nc1. The van der Waals surface area contributed by atoms with Crippen molar-refractivity contribution in [1.82, 2.24) is 20.4 Å². The van der Waals surface area contributed by atoms with Gasteiger partial charge in [0.2, 0.25) is 5.89 Å². The van der Waals surface area contributed by atoms with Gasteiger partial charge >= 0.3 is 5.97 Å². The van der Waals surface area contributed by atoms with Gasteiger partial charge in [-0.2, -0.15) is 4.98 Å². The molecule has 0 spiro atoms. The largest absolute Gasteiger partial charge is 0.465 e. The lowest BCUT2D eigenvalue weighted by Crippen LogP contribution is -2.17. The molecule has 100 valence electrons. The van der Waals surface area contributed by atoms with Crippen molar-refractivity contribution in [2.24, 2.45) is 0 Å². The van der Waals surface area contributed by atoms with Crippen LogP contribution in [0.5, 0.6) is 0 Å². The first-order valence-electron chi connectivity index (χ1n) is 5.79. The second-order valence-electron chi connectivity index (χ2n) is 3.79. The van der Waals surface area contributed by atoms with Crippen molar-refractivity contribution < 1.29 is 14.1 Å². The van der Waals surface area contributed by atoms with Crippen LogP contribution < -0.4 is 5.32 Å². The average Bonchev–Trinajstić information content (AvgIpc) is 2.96. The maximum atomic E-state index is 11.2. The topological polar surface area (TPSA) is 90.1 Å². The van der Waals surface area contributed by atoms with Crippen LogP contribution in [0.3, 0.4) is 0 Å². The Labute approximate surface area is 110 Å². The molecule has 0 saturated carbocycles. The average molecular weight is 262 g/mol. The number of aromatic nitrogens is 3. The highest BCUT2D eigenvalue weighted by molar-refractivity contribution is 5.88. The molecule has 2 aromatic heterocycles. The Morgan fingerprint density at radius 3 is 2.95 bits per heavy atom. The van der Waals surface area contributed by atoms with E-state index in [1.54, 1.807) is 12.1 Å². The zero-order chi connectivity index (χ0) is 13.5. The summed E-state index contributed by atoms with van der Waals surface area (Å²) in [7, 11) is 1.34. The first-order chi connectivity index (χ1) is 9.29. The van der Waals surface area contributed by atoms with Gasteiger partial charge in [-0.25, -0.2) is 4.79 Å². The summed E-state index contributed by atoms with van der Waals surface area (Å²) in [6, 6.07) is 3.47. The monoisotopic (exact) mass is 262 g/mol. The summed E-state index contributed by atoms with van der Waals surface area (Å²) in [4.78, 5) is 19.3. The van der Waals surface area contributed by atoms with Crippen molar-refractivity contribution in [1.29, 1.82) is 0 Å². The number of rotatable bonds is 6. The molecule has 0 amide bonds. The molecule has 0 atom stereocenters. The van der Waals surface area contributed by atoms with Crippen LogP contribution in [0.2, 0.25) is 0 Å². The molecule has 0 aliphatic rings. The van der Waals surface area contributed by atoms with Gasteiger partial charge in [0, 0.05) is 25.7 Å². The Bertz CT molecular complexity index is 510. The van der Waals surface area contributed by atoms with Gasteiger partial charge in [-0.3, -0.25) is 4.98 Å². The maximum Gasteiger partial charge on any atom is 0.339 e. The Morgan fingerprint density at radius 2 is 2.32 bits per heavy atom. The summed E-state index contributed by atoms with van der Waals surface area (Å²) < 4.78 is 9.47. The molecule has 0 bridgehead atoms.